The van der Waals surface area contributed by atoms with Crippen LogP contribution >= 0.6 is 0 Å². The summed E-state index contributed by atoms with van der Waals surface area (Å²) in [6.07, 6.45) is 2.00. The minimum Gasteiger partial charge on any atom is -0.363 e. The first-order valence-corrected chi connectivity index (χ1v) is 7.65. The lowest BCUT2D eigenvalue weighted by atomic mass is 10.2. The third-order valence-corrected chi connectivity index (χ3v) is 5.22. The molecule has 0 unspecified atom stereocenters. The summed E-state index contributed by atoms with van der Waals surface area (Å²) in [6.45, 7) is 0.561. The van der Waals surface area contributed by atoms with Gasteiger partial charge < -0.3 is 10.7 Å². The highest BCUT2D eigenvalue weighted by Gasteiger charge is 2.31. The predicted molar refractivity (Wildman–Crippen MR) is 73.3 cm³/mol. The Hall–Kier alpha value is -1.86. The van der Waals surface area contributed by atoms with Crippen LogP contribution in [0.2, 0.25) is 0 Å². The molecule has 2 aromatic rings. The van der Waals surface area contributed by atoms with Crippen molar-refractivity contribution in [3.63, 3.8) is 0 Å². The number of sulfonamides is 1. The van der Waals surface area contributed by atoms with Crippen molar-refractivity contribution in [2.24, 2.45) is 5.73 Å². The second kappa shape index (κ2) is 4.60. The van der Waals surface area contributed by atoms with E-state index in [1.54, 1.807) is 6.07 Å². The molecule has 2 heterocycles. The molecule has 0 atom stereocenters. The molecule has 0 saturated heterocycles. The Balaban J connectivity index is 2.04. The van der Waals surface area contributed by atoms with Crippen molar-refractivity contribution in [2.45, 2.75) is 17.9 Å². The number of halogens is 1. The smallest absolute Gasteiger partial charge is 0.265 e. The number of hydrogen-bond acceptors (Lipinski definition) is 3. The minimum absolute atomic E-state index is 0.148. The number of benzene rings is 1. The van der Waals surface area contributed by atoms with Crippen LogP contribution in [0.4, 0.5) is 10.1 Å². The Bertz CT molecular complexity index is 755. The number of fused-ring (bicyclic) bond motifs is 1. The summed E-state index contributed by atoms with van der Waals surface area (Å²) in [6, 6.07) is 5.74. The number of aromatic nitrogens is 1. The van der Waals surface area contributed by atoms with Crippen molar-refractivity contribution in [1.82, 2.24) is 4.98 Å². The fraction of sp³-hybridized carbons (Fsp3) is 0.231. The maximum absolute atomic E-state index is 13.3. The molecule has 0 amide bonds. The van der Waals surface area contributed by atoms with E-state index in [2.05, 4.69) is 4.98 Å². The van der Waals surface area contributed by atoms with Gasteiger partial charge in [-0.2, -0.15) is 0 Å². The van der Waals surface area contributed by atoms with E-state index in [1.807, 2.05) is 0 Å². The normalized spacial score (nSPS) is 14.6. The monoisotopic (exact) mass is 295 g/mol. The Labute approximate surface area is 116 Å². The Morgan fingerprint density at radius 2 is 2.15 bits per heavy atom. The lowest BCUT2D eigenvalue weighted by Gasteiger charge is -2.18. The number of aromatic amines is 1. The fourth-order valence-corrected chi connectivity index (χ4v) is 3.90. The van der Waals surface area contributed by atoms with Crippen molar-refractivity contribution in [3.05, 3.63) is 47.5 Å². The number of hydrogen-bond donors (Lipinski definition) is 2. The number of nitrogens with two attached hydrogens (primary N) is 1. The van der Waals surface area contributed by atoms with Gasteiger partial charge in [0.25, 0.3) is 10.0 Å². The SMILES string of the molecule is NCc1cc(S(=O)(=O)N2CCc3ccc(F)cc32)c[nH]1. The summed E-state index contributed by atoms with van der Waals surface area (Å²) >= 11 is 0. The van der Waals surface area contributed by atoms with Gasteiger partial charge in [-0.1, -0.05) is 6.07 Å². The summed E-state index contributed by atoms with van der Waals surface area (Å²) in [7, 11) is -3.68. The van der Waals surface area contributed by atoms with Gasteiger partial charge in [-0.05, 0) is 30.2 Å². The van der Waals surface area contributed by atoms with E-state index < -0.39 is 15.8 Å². The van der Waals surface area contributed by atoms with Crippen LogP contribution in [-0.4, -0.2) is 19.9 Å². The summed E-state index contributed by atoms with van der Waals surface area (Å²) in [5.41, 5.74) is 7.36. The average Bonchev–Trinajstić information content (AvgIpc) is 3.05. The van der Waals surface area contributed by atoms with Gasteiger partial charge in [0.15, 0.2) is 0 Å². The van der Waals surface area contributed by atoms with Crippen molar-refractivity contribution in [1.29, 1.82) is 0 Å². The molecule has 3 N–H and O–H groups in total. The molecule has 20 heavy (non-hydrogen) atoms. The van der Waals surface area contributed by atoms with Crippen molar-refractivity contribution in [2.75, 3.05) is 10.8 Å². The molecule has 0 spiro atoms. The molecule has 5 nitrogen and oxygen atoms in total. The van der Waals surface area contributed by atoms with Gasteiger partial charge in [0, 0.05) is 25.0 Å². The summed E-state index contributed by atoms with van der Waals surface area (Å²) in [5.74, 6) is -0.442. The first kappa shape index (κ1) is 13.1. The quantitative estimate of drug-likeness (QED) is 0.897. The Morgan fingerprint density at radius 3 is 2.85 bits per heavy atom. The summed E-state index contributed by atoms with van der Waals surface area (Å²) in [4.78, 5) is 2.96. The van der Waals surface area contributed by atoms with Crippen molar-refractivity contribution >= 4 is 15.7 Å². The zero-order valence-corrected chi connectivity index (χ0v) is 11.5. The average molecular weight is 295 g/mol. The van der Waals surface area contributed by atoms with Gasteiger partial charge in [0.1, 0.15) is 10.7 Å². The van der Waals surface area contributed by atoms with Gasteiger partial charge >= 0.3 is 0 Å². The molecule has 0 aliphatic carbocycles. The third kappa shape index (κ3) is 1.99. The highest BCUT2D eigenvalue weighted by atomic mass is 32.2. The lowest BCUT2D eigenvalue weighted by molar-refractivity contribution is 0.592. The second-order valence-electron chi connectivity index (χ2n) is 4.66. The van der Waals surface area contributed by atoms with Crippen molar-refractivity contribution in [3.8, 4) is 0 Å². The van der Waals surface area contributed by atoms with Crippen LogP contribution in [0, 0.1) is 5.82 Å². The zero-order valence-electron chi connectivity index (χ0n) is 10.6. The first-order valence-electron chi connectivity index (χ1n) is 6.21. The van der Waals surface area contributed by atoms with E-state index in [-0.39, 0.29) is 11.4 Å². The van der Waals surface area contributed by atoms with Crippen LogP contribution < -0.4 is 10.0 Å². The standard InChI is InChI=1S/C13H14FN3O2S/c14-10-2-1-9-3-4-17(13(9)5-10)20(18,19)12-6-11(7-15)16-8-12/h1-2,5-6,8,16H,3-4,7,15H2. The molecule has 0 bridgehead atoms. The van der Waals surface area contributed by atoms with Crippen LogP contribution in [0.3, 0.4) is 0 Å². The molecule has 0 fully saturated rings. The number of H-pyrrole nitrogens is 1. The number of nitrogens with one attached hydrogen (secondary N) is 1. The highest BCUT2D eigenvalue weighted by molar-refractivity contribution is 7.92. The molecule has 1 aromatic carbocycles. The third-order valence-electron chi connectivity index (χ3n) is 3.42. The van der Waals surface area contributed by atoms with Crippen LogP contribution in [0.5, 0.6) is 0 Å². The van der Waals surface area contributed by atoms with Gasteiger partial charge in [-0.25, -0.2) is 12.8 Å². The largest absolute Gasteiger partial charge is 0.363 e. The summed E-state index contributed by atoms with van der Waals surface area (Å²) in [5, 5.41) is 0. The maximum atomic E-state index is 13.3. The molecule has 0 radical (unpaired) electrons. The van der Waals surface area contributed by atoms with Gasteiger partial charge in [0.2, 0.25) is 0 Å². The number of nitrogens with zero attached hydrogens (tertiary/aromatic N) is 1. The van der Waals surface area contributed by atoms with Crippen LogP contribution in [0.1, 0.15) is 11.3 Å². The molecule has 7 heteroatoms. The van der Waals surface area contributed by atoms with E-state index in [0.717, 1.165) is 5.56 Å². The maximum Gasteiger partial charge on any atom is 0.265 e. The molecule has 0 saturated carbocycles. The molecular formula is C13H14FN3O2S. The zero-order chi connectivity index (χ0) is 14.3. The molecule has 1 aromatic heterocycles. The Morgan fingerprint density at radius 1 is 1.35 bits per heavy atom. The number of rotatable bonds is 3. The van der Waals surface area contributed by atoms with Crippen LogP contribution in [-0.2, 0) is 23.0 Å². The predicted octanol–water partition coefficient (Wildman–Crippen LogP) is 1.36. The first-order chi connectivity index (χ1) is 9.52. The van der Waals surface area contributed by atoms with E-state index >= 15 is 0 Å². The summed E-state index contributed by atoms with van der Waals surface area (Å²) < 4.78 is 39.7. The molecular weight excluding hydrogens is 281 g/mol. The molecule has 106 valence electrons. The highest BCUT2D eigenvalue weighted by Crippen LogP contribution is 2.33. The fourth-order valence-electron chi connectivity index (χ4n) is 2.39. The van der Waals surface area contributed by atoms with E-state index in [0.29, 0.717) is 24.3 Å². The topological polar surface area (TPSA) is 79.2 Å². The van der Waals surface area contributed by atoms with Crippen LogP contribution in [0.25, 0.3) is 0 Å². The Kier molecular flexibility index (Phi) is 3.02. The van der Waals surface area contributed by atoms with Gasteiger partial charge in [-0.15, -0.1) is 0 Å². The van der Waals surface area contributed by atoms with E-state index in [4.69, 9.17) is 5.73 Å². The lowest BCUT2D eigenvalue weighted by Crippen LogP contribution is -2.28. The van der Waals surface area contributed by atoms with Gasteiger partial charge in [0.05, 0.1) is 5.69 Å². The van der Waals surface area contributed by atoms with E-state index in [9.17, 15) is 12.8 Å². The molecule has 1 aliphatic heterocycles. The molecule has 3 rings (SSSR count). The van der Waals surface area contributed by atoms with E-state index in [1.165, 1.54) is 28.7 Å². The number of anilines is 1. The van der Waals surface area contributed by atoms with Crippen molar-refractivity contribution < 1.29 is 12.8 Å². The van der Waals surface area contributed by atoms with Gasteiger partial charge in [-0.3, -0.25) is 4.31 Å². The van der Waals surface area contributed by atoms with Crippen LogP contribution in [0.15, 0.2) is 35.4 Å². The second-order valence-corrected chi connectivity index (χ2v) is 6.53. The minimum atomic E-state index is -3.68. The molecule has 1 aliphatic rings.